The summed E-state index contributed by atoms with van der Waals surface area (Å²) in [4.78, 5) is 14.0. The van der Waals surface area contributed by atoms with Gasteiger partial charge in [0.1, 0.15) is 6.04 Å². The molecule has 4 nitrogen and oxygen atoms in total. The second kappa shape index (κ2) is 4.04. The van der Waals surface area contributed by atoms with E-state index in [0.29, 0.717) is 19.5 Å². The molecule has 1 aromatic carbocycles. The van der Waals surface area contributed by atoms with Gasteiger partial charge in [-0.2, -0.15) is 0 Å². The first-order chi connectivity index (χ1) is 8.24. The molecule has 0 aromatic heterocycles. The Labute approximate surface area is 100 Å². The van der Waals surface area contributed by atoms with Crippen molar-refractivity contribution in [3.8, 4) is 0 Å². The lowest BCUT2D eigenvalue weighted by Crippen LogP contribution is -2.41. The molecule has 4 heteroatoms. The molecule has 0 aliphatic carbocycles. The summed E-state index contributed by atoms with van der Waals surface area (Å²) in [6.45, 7) is 1.15. The molecule has 17 heavy (non-hydrogen) atoms. The molecule has 1 aromatic rings. The van der Waals surface area contributed by atoms with Crippen molar-refractivity contribution in [3.63, 3.8) is 0 Å². The topological polar surface area (TPSA) is 52.6 Å². The second-order valence-electron chi connectivity index (χ2n) is 4.78. The molecule has 90 valence electrons. The van der Waals surface area contributed by atoms with E-state index >= 15 is 0 Å². The Morgan fingerprint density at radius 3 is 2.94 bits per heavy atom. The number of β-amino-alcohol motifs (C(OH)–C–C–N with tert-alkyl or cyclic N) is 1. The number of aliphatic hydroxyl groups is 1. The zero-order chi connectivity index (χ0) is 11.8. The Kier molecular flexibility index (Phi) is 2.52. The van der Waals surface area contributed by atoms with Crippen LogP contribution in [0.3, 0.4) is 0 Å². The highest BCUT2D eigenvalue weighted by Crippen LogP contribution is 2.26. The van der Waals surface area contributed by atoms with Crippen molar-refractivity contribution in [2.24, 2.45) is 0 Å². The standard InChI is InChI=1S/C13H16N2O2/c16-10-5-6-15(8-10)13(17)12-7-9-3-1-2-4-11(9)14-12/h1-4,10,12,14,16H,5-8H2/t10-,12?/m0/s1. The summed E-state index contributed by atoms with van der Waals surface area (Å²) in [6.07, 6.45) is 1.11. The van der Waals surface area contributed by atoms with E-state index in [0.717, 1.165) is 12.1 Å². The molecule has 1 amide bonds. The van der Waals surface area contributed by atoms with Gasteiger partial charge in [0.2, 0.25) is 5.91 Å². The first-order valence-electron chi connectivity index (χ1n) is 6.05. The molecule has 2 N–H and O–H groups in total. The van der Waals surface area contributed by atoms with Crippen LogP contribution in [0.2, 0.25) is 0 Å². The van der Waals surface area contributed by atoms with Gasteiger partial charge < -0.3 is 15.3 Å². The molecule has 3 rings (SSSR count). The van der Waals surface area contributed by atoms with Crippen molar-refractivity contribution in [3.05, 3.63) is 29.8 Å². The van der Waals surface area contributed by atoms with Crippen LogP contribution in [-0.4, -0.2) is 41.1 Å². The van der Waals surface area contributed by atoms with Gasteiger partial charge in [0.05, 0.1) is 6.10 Å². The number of carbonyl (C=O) groups is 1. The van der Waals surface area contributed by atoms with E-state index in [-0.39, 0.29) is 18.1 Å². The van der Waals surface area contributed by atoms with Crippen LogP contribution in [0.25, 0.3) is 0 Å². The smallest absolute Gasteiger partial charge is 0.245 e. The summed E-state index contributed by atoms with van der Waals surface area (Å²) < 4.78 is 0. The number of aliphatic hydroxyl groups excluding tert-OH is 1. The van der Waals surface area contributed by atoms with E-state index in [9.17, 15) is 9.90 Å². The third-order valence-corrected chi connectivity index (χ3v) is 3.54. The number of hydrogen-bond donors (Lipinski definition) is 2. The van der Waals surface area contributed by atoms with Crippen molar-refractivity contribution in [2.45, 2.75) is 25.0 Å². The Morgan fingerprint density at radius 2 is 2.24 bits per heavy atom. The molecule has 2 aliphatic heterocycles. The molecular formula is C13H16N2O2. The summed E-state index contributed by atoms with van der Waals surface area (Å²) in [7, 11) is 0. The lowest BCUT2D eigenvalue weighted by atomic mass is 10.1. The minimum atomic E-state index is -0.345. The predicted octanol–water partition coefficient (Wildman–Crippen LogP) is 0.616. The SMILES string of the molecule is O=C(C1Cc2ccccc2N1)N1CC[C@H](O)C1. The van der Waals surface area contributed by atoms with Crippen LogP contribution < -0.4 is 5.32 Å². The van der Waals surface area contributed by atoms with Crippen molar-refractivity contribution in [1.29, 1.82) is 0 Å². The van der Waals surface area contributed by atoms with Gasteiger partial charge in [-0.3, -0.25) is 4.79 Å². The van der Waals surface area contributed by atoms with E-state index < -0.39 is 0 Å². The van der Waals surface area contributed by atoms with Gasteiger partial charge >= 0.3 is 0 Å². The van der Waals surface area contributed by atoms with Crippen molar-refractivity contribution < 1.29 is 9.90 Å². The minimum absolute atomic E-state index is 0.109. The first kappa shape index (κ1) is 10.6. The number of anilines is 1. The van der Waals surface area contributed by atoms with E-state index in [4.69, 9.17) is 0 Å². The minimum Gasteiger partial charge on any atom is -0.391 e. The molecule has 0 saturated carbocycles. The van der Waals surface area contributed by atoms with E-state index in [1.54, 1.807) is 4.90 Å². The normalized spacial score (nSPS) is 26.8. The highest BCUT2D eigenvalue weighted by atomic mass is 16.3. The number of likely N-dealkylation sites (tertiary alicyclic amines) is 1. The van der Waals surface area contributed by atoms with Gasteiger partial charge in [0.15, 0.2) is 0 Å². The maximum atomic E-state index is 12.2. The fourth-order valence-corrected chi connectivity index (χ4v) is 2.61. The summed E-state index contributed by atoms with van der Waals surface area (Å²) in [5.74, 6) is 0.109. The number of carbonyl (C=O) groups excluding carboxylic acids is 1. The Bertz CT molecular complexity index is 422. The van der Waals surface area contributed by atoms with Gasteiger partial charge in [-0.25, -0.2) is 0 Å². The highest BCUT2D eigenvalue weighted by molar-refractivity contribution is 5.87. The fourth-order valence-electron chi connectivity index (χ4n) is 2.61. The molecular weight excluding hydrogens is 216 g/mol. The molecule has 0 spiro atoms. The first-order valence-corrected chi connectivity index (χ1v) is 6.05. The van der Waals surface area contributed by atoms with Gasteiger partial charge in [-0.15, -0.1) is 0 Å². The maximum Gasteiger partial charge on any atom is 0.245 e. The van der Waals surface area contributed by atoms with Crippen molar-refractivity contribution >= 4 is 11.6 Å². The number of nitrogens with one attached hydrogen (secondary N) is 1. The molecule has 1 saturated heterocycles. The fraction of sp³-hybridized carbons (Fsp3) is 0.462. The number of rotatable bonds is 1. The van der Waals surface area contributed by atoms with E-state index in [1.165, 1.54) is 5.56 Å². The zero-order valence-corrected chi connectivity index (χ0v) is 9.60. The number of para-hydroxylation sites is 1. The lowest BCUT2D eigenvalue weighted by molar-refractivity contribution is -0.131. The van der Waals surface area contributed by atoms with Gasteiger partial charge in [0, 0.05) is 25.2 Å². The predicted molar refractivity (Wildman–Crippen MR) is 64.8 cm³/mol. The van der Waals surface area contributed by atoms with Gasteiger partial charge in [0.25, 0.3) is 0 Å². The summed E-state index contributed by atoms with van der Waals surface area (Å²) in [5.41, 5.74) is 2.26. The lowest BCUT2D eigenvalue weighted by Gasteiger charge is -2.20. The van der Waals surface area contributed by atoms with Gasteiger partial charge in [-0.1, -0.05) is 18.2 Å². The zero-order valence-electron chi connectivity index (χ0n) is 9.60. The molecule has 1 unspecified atom stereocenters. The van der Waals surface area contributed by atoms with Crippen molar-refractivity contribution in [1.82, 2.24) is 4.90 Å². The van der Waals surface area contributed by atoms with Crippen LogP contribution in [-0.2, 0) is 11.2 Å². The third kappa shape index (κ3) is 1.89. The molecule has 1 fully saturated rings. The van der Waals surface area contributed by atoms with Crippen LogP contribution in [0.4, 0.5) is 5.69 Å². The van der Waals surface area contributed by atoms with Crippen LogP contribution in [0.15, 0.2) is 24.3 Å². The molecule has 2 aliphatic rings. The van der Waals surface area contributed by atoms with Crippen LogP contribution in [0.5, 0.6) is 0 Å². The Hall–Kier alpha value is -1.55. The van der Waals surface area contributed by atoms with Crippen molar-refractivity contribution in [2.75, 3.05) is 18.4 Å². The highest BCUT2D eigenvalue weighted by Gasteiger charge is 2.33. The third-order valence-electron chi connectivity index (χ3n) is 3.54. The van der Waals surface area contributed by atoms with Crippen LogP contribution in [0, 0.1) is 0 Å². The number of hydrogen-bond acceptors (Lipinski definition) is 3. The second-order valence-corrected chi connectivity index (χ2v) is 4.78. The summed E-state index contributed by atoms with van der Waals surface area (Å²) in [5, 5.41) is 12.7. The molecule has 2 heterocycles. The number of fused-ring (bicyclic) bond motifs is 1. The molecule has 0 radical (unpaired) electrons. The van der Waals surface area contributed by atoms with E-state index in [2.05, 4.69) is 11.4 Å². The largest absolute Gasteiger partial charge is 0.391 e. The number of benzene rings is 1. The Morgan fingerprint density at radius 1 is 1.41 bits per heavy atom. The summed E-state index contributed by atoms with van der Waals surface area (Å²) in [6, 6.07) is 7.86. The number of nitrogens with zero attached hydrogens (tertiary/aromatic N) is 1. The maximum absolute atomic E-state index is 12.2. The summed E-state index contributed by atoms with van der Waals surface area (Å²) >= 11 is 0. The molecule has 2 atom stereocenters. The van der Waals surface area contributed by atoms with Crippen LogP contribution >= 0.6 is 0 Å². The van der Waals surface area contributed by atoms with Crippen LogP contribution in [0.1, 0.15) is 12.0 Å². The van der Waals surface area contributed by atoms with Gasteiger partial charge in [-0.05, 0) is 18.1 Å². The average Bonchev–Trinajstić information content (AvgIpc) is 2.93. The molecule has 0 bridgehead atoms. The Balaban J connectivity index is 1.70. The number of amides is 1. The average molecular weight is 232 g/mol. The monoisotopic (exact) mass is 232 g/mol. The van der Waals surface area contributed by atoms with E-state index in [1.807, 2.05) is 18.2 Å². The quantitative estimate of drug-likeness (QED) is 0.746.